The van der Waals surface area contributed by atoms with Crippen molar-refractivity contribution in [2.75, 3.05) is 0 Å². The summed E-state index contributed by atoms with van der Waals surface area (Å²) in [6, 6.07) is 0. The molecule has 0 saturated heterocycles. The van der Waals surface area contributed by atoms with Crippen LogP contribution in [-0.2, 0) is 7.05 Å². The van der Waals surface area contributed by atoms with Gasteiger partial charge in [-0.25, -0.2) is 0 Å². The number of ketones is 1. The molecule has 2 atom stereocenters. The van der Waals surface area contributed by atoms with E-state index in [1.54, 1.807) is 10.9 Å². The van der Waals surface area contributed by atoms with Gasteiger partial charge in [-0.1, -0.05) is 13.8 Å². The van der Waals surface area contributed by atoms with Gasteiger partial charge in [-0.2, -0.15) is 5.10 Å². The summed E-state index contributed by atoms with van der Waals surface area (Å²) >= 11 is 0. The molecule has 0 radical (unpaired) electrons. The van der Waals surface area contributed by atoms with Gasteiger partial charge in [0.25, 0.3) is 0 Å². The van der Waals surface area contributed by atoms with Crippen LogP contribution < -0.4 is 0 Å². The minimum Gasteiger partial charge on any atom is -0.294 e. The van der Waals surface area contributed by atoms with Crippen molar-refractivity contribution in [2.45, 2.75) is 33.1 Å². The highest BCUT2D eigenvalue weighted by molar-refractivity contribution is 5.97. The number of aromatic nitrogens is 2. The molecular weight excluding hydrogens is 200 g/mol. The molecule has 1 fully saturated rings. The normalized spacial score (nSPS) is 30.3. The fourth-order valence-corrected chi connectivity index (χ4v) is 2.95. The molecule has 16 heavy (non-hydrogen) atoms. The van der Waals surface area contributed by atoms with E-state index in [1.807, 2.05) is 13.2 Å². The molecule has 0 aromatic carbocycles. The van der Waals surface area contributed by atoms with Gasteiger partial charge in [-0.3, -0.25) is 9.48 Å². The summed E-state index contributed by atoms with van der Waals surface area (Å²) in [4.78, 5) is 12.3. The monoisotopic (exact) mass is 220 g/mol. The first-order chi connectivity index (χ1) is 7.56. The third-order valence-electron chi connectivity index (χ3n) is 3.54. The number of nitrogens with zero attached hydrogens (tertiary/aromatic N) is 2. The molecule has 3 heteroatoms. The third kappa shape index (κ3) is 2.34. The summed E-state index contributed by atoms with van der Waals surface area (Å²) < 4.78 is 1.70. The molecule has 0 amide bonds. The highest BCUT2D eigenvalue weighted by Crippen LogP contribution is 2.34. The third-order valence-corrected chi connectivity index (χ3v) is 3.54. The Labute approximate surface area is 96.8 Å². The quantitative estimate of drug-likeness (QED) is 0.718. The fraction of sp³-hybridized carbons (Fsp3) is 0.692. The zero-order valence-corrected chi connectivity index (χ0v) is 10.3. The van der Waals surface area contributed by atoms with Gasteiger partial charge in [0.15, 0.2) is 5.78 Å². The van der Waals surface area contributed by atoms with Crippen molar-refractivity contribution >= 4 is 5.78 Å². The first-order valence-electron chi connectivity index (χ1n) is 6.09. The van der Waals surface area contributed by atoms with Crippen LogP contribution in [0.1, 0.15) is 43.5 Å². The van der Waals surface area contributed by atoms with Gasteiger partial charge in [-0.05, 0) is 31.1 Å². The standard InChI is InChI=1S/C13H20N2O/c1-9-4-10(2)6-11(5-9)13(16)12-7-14-15(3)8-12/h7-11H,4-6H2,1-3H3. The Bertz CT molecular complexity index is 373. The number of Topliss-reactive ketones (excluding diaryl/α,β-unsaturated/α-hetero) is 1. The van der Waals surface area contributed by atoms with Gasteiger partial charge < -0.3 is 0 Å². The number of hydrogen-bond donors (Lipinski definition) is 0. The summed E-state index contributed by atoms with van der Waals surface area (Å²) in [5.74, 6) is 1.85. The molecular formula is C13H20N2O. The molecule has 1 aromatic heterocycles. The highest BCUT2D eigenvalue weighted by Gasteiger charge is 2.29. The van der Waals surface area contributed by atoms with E-state index < -0.39 is 0 Å². The van der Waals surface area contributed by atoms with E-state index in [0.29, 0.717) is 11.8 Å². The maximum absolute atomic E-state index is 12.3. The lowest BCUT2D eigenvalue weighted by molar-refractivity contribution is 0.0836. The SMILES string of the molecule is CC1CC(C)CC(C(=O)c2cnn(C)c2)C1. The minimum absolute atomic E-state index is 0.211. The first-order valence-corrected chi connectivity index (χ1v) is 6.09. The Morgan fingerprint density at radius 3 is 2.44 bits per heavy atom. The summed E-state index contributed by atoms with van der Waals surface area (Å²) in [5.41, 5.74) is 0.772. The maximum atomic E-state index is 12.3. The van der Waals surface area contributed by atoms with Crippen LogP contribution in [0.3, 0.4) is 0 Å². The number of hydrogen-bond acceptors (Lipinski definition) is 2. The van der Waals surface area contributed by atoms with Gasteiger partial charge in [-0.15, -0.1) is 0 Å². The van der Waals surface area contributed by atoms with Gasteiger partial charge in [0, 0.05) is 19.2 Å². The molecule has 0 aliphatic heterocycles. The largest absolute Gasteiger partial charge is 0.294 e. The molecule has 2 unspecified atom stereocenters. The molecule has 1 heterocycles. The van der Waals surface area contributed by atoms with Gasteiger partial charge in [0.1, 0.15) is 0 Å². The smallest absolute Gasteiger partial charge is 0.169 e. The van der Waals surface area contributed by atoms with Crippen LogP contribution >= 0.6 is 0 Å². The van der Waals surface area contributed by atoms with Crippen LogP contribution in [0.25, 0.3) is 0 Å². The number of carbonyl (C=O) groups excluding carboxylic acids is 1. The molecule has 88 valence electrons. The van der Waals surface area contributed by atoms with E-state index in [4.69, 9.17) is 0 Å². The van der Waals surface area contributed by atoms with E-state index in [0.717, 1.165) is 18.4 Å². The van der Waals surface area contributed by atoms with Crippen LogP contribution in [0.15, 0.2) is 12.4 Å². The Kier molecular flexibility index (Phi) is 3.13. The van der Waals surface area contributed by atoms with Gasteiger partial charge >= 0.3 is 0 Å². The van der Waals surface area contributed by atoms with Crippen molar-refractivity contribution in [1.29, 1.82) is 0 Å². The van der Waals surface area contributed by atoms with Crippen LogP contribution in [0.4, 0.5) is 0 Å². The van der Waals surface area contributed by atoms with E-state index in [1.165, 1.54) is 6.42 Å². The predicted molar refractivity (Wildman–Crippen MR) is 63.2 cm³/mol. The van der Waals surface area contributed by atoms with E-state index >= 15 is 0 Å². The van der Waals surface area contributed by atoms with Crippen LogP contribution in [0.2, 0.25) is 0 Å². The molecule has 0 bridgehead atoms. The lowest BCUT2D eigenvalue weighted by Gasteiger charge is -2.30. The Hall–Kier alpha value is -1.12. The Morgan fingerprint density at radius 2 is 1.94 bits per heavy atom. The predicted octanol–water partition coefficient (Wildman–Crippen LogP) is 2.68. The number of rotatable bonds is 2. The molecule has 1 aliphatic rings. The van der Waals surface area contributed by atoms with Crippen molar-refractivity contribution in [3.05, 3.63) is 18.0 Å². The summed E-state index contributed by atoms with van der Waals surface area (Å²) in [6.45, 7) is 4.50. The van der Waals surface area contributed by atoms with E-state index in [2.05, 4.69) is 18.9 Å². The highest BCUT2D eigenvalue weighted by atomic mass is 16.1. The van der Waals surface area contributed by atoms with E-state index in [9.17, 15) is 4.79 Å². The summed E-state index contributed by atoms with van der Waals surface area (Å²) in [7, 11) is 1.85. The van der Waals surface area contributed by atoms with Crippen LogP contribution in [-0.4, -0.2) is 15.6 Å². The van der Waals surface area contributed by atoms with Crippen molar-refractivity contribution in [3.8, 4) is 0 Å². The van der Waals surface area contributed by atoms with Crippen molar-refractivity contribution in [1.82, 2.24) is 9.78 Å². The fourth-order valence-electron chi connectivity index (χ4n) is 2.95. The van der Waals surface area contributed by atoms with Crippen LogP contribution in [0.5, 0.6) is 0 Å². The molecule has 1 aromatic rings. The maximum Gasteiger partial charge on any atom is 0.169 e. The summed E-state index contributed by atoms with van der Waals surface area (Å²) in [6.07, 6.45) is 6.85. The Balaban J connectivity index is 2.09. The topological polar surface area (TPSA) is 34.9 Å². The Morgan fingerprint density at radius 1 is 1.31 bits per heavy atom. The molecule has 0 N–H and O–H groups in total. The molecule has 3 nitrogen and oxygen atoms in total. The zero-order chi connectivity index (χ0) is 11.7. The molecule has 1 aliphatic carbocycles. The second kappa shape index (κ2) is 4.40. The molecule has 0 spiro atoms. The first kappa shape index (κ1) is 11.4. The van der Waals surface area contributed by atoms with Crippen molar-refractivity contribution in [3.63, 3.8) is 0 Å². The van der Waals surface area contributed by atoms with Crippen molar-refractivity contribution in [2.24, 2.45) is 24.8 Å². The molecule has 1 saturated carbocycles. The summed E-state index contributed by atoms with van der Waals surface area (Å²) in [5, 5.41) is 4.07. The second-order valence-corrected chi connectivity index (χ2v) is 5.38. The van der Waals surface area contributed by atoms with Crippen LogP contribution in [0, 0.1) is 17.8 Å². The number of aryl methyl sites for hydroxylation is 1. The number of carbonyl (C=O) groups is 1. The average Bonchev–Trinajstić information content (AvgIpc) is 2.62. The average molecular weight is 220 g/mol. The van der Waals surface area contributed by atoms with E-state index in [-0.39, 0.29) is 11.7 Å². The zero-order valence-electron chi connectivity index (χ0n) is 10.3. The lowest BCUT2D eigenvalue weighted by atomic mass is 9.74. The van der Waals surface area contributed by atoms with Crippen molar-refractivity contribution < 1.29 is 4.79 Å². The van der Waals surface area contributed by atoms with Gasteiger partial charge in [0.05, 0.1) is 11.8 Å². The molecule has 2 rings (SSSR count). The minimum atomic E-state index is 0.211. The second-order valence-electron chi connectivity index (χ2n) is 5.38. The lowest BCUT2D eigenvalue weighted by Crippen LogP contribution is -2.25. The van der Waals surface area contributed by atoms with Gasteiger partial charge in [0.2, 0.25) is 0 Å².